The van der Waals surface area contributed by atoms with Gasteiger partial charge in [0.25, 0.3) is 6.17 Å². The van der Waals surface area contributed by atoms with Gasteiger partial charge in [-0.15, -0.1) is 0 Å². The van der Waals surface area contributed by atoms with Gasteiger partial charge in [-0.05, 0) is 0 Å². The largest absolute Gasteiger partial charge is 1.00 e. The molecule has 0 aromatic heterocycles. The molecule has 0 amide bonds. The van der Waals surface area contributed by atoms with Crippen LogP contribution in [0.2, 0.25) is 0 Å². The van der Waals surface area contributed by atoms with Crippen molar-refractivity contribution in [2.75, 3.05) is 0 Å². The van der Waals surface area contributed by atoms with Gasteiger partial charge in [-0.2, -0.15) is 48.3 Å². The average Bonchev–Trinajstić information content (AvgIpc) is 2.24. The Morgan fingerprint density at radius 3 is 1.26 bits per heavy atom. The Morgan fingerprint density at radius 2 is 1.04 bits per heavy atom. The van der Waals surface area contributed by atoms with Crippen molar-refractivity contribution < 1.29 is 117 Å². The van der Waals surface area contributed by atoms with Crippen molar-refractivity contribution in [2.24, 2.45) is 0 Å². The van der Waals surface area contributed by atoms with Gasteiger partial charge < -0.3 is 4.55 Å². The number of rotatable bonds is 5. The van der Waals surface area contributed by atoms with E-state index in [0.29, 0.717) is 0 Å². The van der Waals surface area contributed by atoms with E-state index in [1.165, 1.54) is 0 Å². The summed E-state index contributed by atoms with van der Waals surface area (Å²) in [6.07, 6.45) is -12.9. The normalized spacial score (nSPS) is 16.7. The van der Waals surface area contributed by atoms with Crippen LogP contribution in [0.1, 0.15) is 0 Å². The molecule has 0 spiro atoms. The maximum absolute atomic E-state index is 12.7. The predicted octanol–water partition coefficient (Wildman–Crippen LogP) is -0.0653. The van der Waals surface area contributed by atoms with Gasteiger partial charge in [-0.25, -0.2) is 12.8 Å². The van der Waals surface area contributed by atoms with E-state index in [2.05, 4.69) is 0 Å². The number of alkyl halides is 12. The molecule has 0 bridgehead atoms. The first-order chi connectivity index (χ1) is 9.15. The molecule has 1 atom stereocenters. The standard InChI is InChI=1S/C6H2F12O3S.K/c7-1(3(10,11)12)2(8,9)4(13,14)5(15,16)6(17,18)22(19,20)21;/h1H,(H,19,20,21);/q;+1/p-1. The third-order valence-corrected chi connectivity index (χ3v) is 2.98. The summed E-state index contributed by atoms with van der Waals surface area (Å²) in [5, 5.41) is -7.45. The molecule has 0 N–H and O–H groups in total. The van der Waals surface area contributed by atoms with E-state index in [4.69, 9.17) is 0 Å². The summed E-state index contributed by atoms with van der Waals surface area (Å²) < 4.78 is 177. The molecule has 0 heterocycles. The zero-order chi connectivity index (χ0) is 18.6. The Bertz CT molecular complexity index is 525. The van der Waals surface area contributed by atoms with Crippen LogP contribution in [-0.2, 0) is 10.1 Å². The molecule has 0 saturated heterocycles. The van der Waals surface area contributed by atoms with Gasteiger partial charge in [0, 0.05) is 0 Å². The molecule has 0 aromatic rings. The smallest absolute Gasteiger partial charge is 0.743 e. The Balaban J connectivity index is 0. The van der Waals surface area contributed by atoms with E-state index in [-0.39, 0.29) is 51.4 Å². The van der Waals surface area contributed by atoms with Crippen molar-refractivity contribution in [1.82, 2.24) is 0 Å². The Morgan fingerprint density at radius 1 is 0.739 bits per heavy atom. The zero-order valence-corrected chi connectivity index (χ0v) is 14.2. The molecule has 0 radical (unpaired) electrons. The summed E-state index contributed by atoms with van der Waals surface area (Å²) >= 11 is 0. The molecule has 0 fully saturated rings. The molecule has 134 valence electrons. The van der Waals surface area contributed by atoms with Crippen LogP contribution in [-0.4, -0.2) is 48.3 Å². The van der Waals surface area contributed by atoms with Gasteiger partial charge in [-0.3, -0.25) is 0 Å². The van der Waals surface area contributed by atoms with Crippen LogP contribution in [0.3, 0.4) is 0 Å². The molecule has 0 saturated carbocycles. The number of hydrogen-bond acceptors (Lipinski definition) is 3. The third-order valence-electron chi connectivity index (χ3n) is 2.10. The van der Waals surface area contributed by atoms with Gasteiger partial charge in [0.15, 0.2) is 10.1 Å². The van der Waals surface area contributed by atoms with Crippen molar-refractivity contribution in [2.45, 2.75) is 35.4 Å². The van der Waals surface area contributed by atoms with Gasteiger partial charge in [0.2, 0.25) is 0 Å². The van der Waals surface area contributed by atoms with Crippen molar-refractivity contribution in [1.29, 1.82) is 0 Å². The van der Waals surface area contributed by atoms with Crippen molar-refractivity contribution in [3.63, 3.8) is 0 Å². The summed E-state index contributed by atoms with van der Waals surface area (Å²) in [4.78, 5) is 0. The first kappa shape index (κ1) is 25.9. The molecular formula is C6HF12KO3S. The zero-order valence-electron chi connectivity index (χ0n) is 10.2. The van der Waals surface area contributed by atoms with Crippen LogP contribution in [0.4, 0.5) is 52.7 Å². The van der Waals surface area contributed by atoms with Gasteiger partial charge in [-0.1, -0.05) is 0 Å². The first-order valence-corrected chi connectivity index (χ1v) is 5.74. The van der Waals surface area contributed by atoms with E-state index in [1.807, 2.05) is 0 Å². The Labute approximate surface area is 161 Å². The molecule has 17 heteroatoms. The molecule has 0 rings (SSSR count). The summed E-state index contributed by atoms with van der Waals surface area (Å²) in [5.41, 5.74) is 0. The fourth-order valence-electron chi connectivity index (χ4n) is 0.914. The van der Waals surface area contributed by atoms with Gasteiger partial charge in [0.1, 0.15) is 0 Å². The maximum atomic E-state index is 12.7. The molecule has 0 aliphatic heterocycles. The van der Waals surface area contributed by atoms with E-state index < -0.39 is 45.5 Å². The summed E-state index contributed by atoms with van der Waals surface area (Å²) in [6.45, 7) is 0. The summed E-state index contributed by atoms with van der Waals surface area (Å²) in [6, 6.07) is 0. The Kier molecular flexibility index (Phi) is 7.65. The molecular weight excluding hydrogens is 419 g/mol. The van der Waals surface area contributed by atoms with Crippen LogP contribution in [0, 0.1) is 0 Å². The predicted molar refractivity (Wildman–Crippen MR) is 40.4 cm³/mol. The quantitative estimate of drug-likeness (QED) is 0.356. The minimum absolute atomic E-state index is 0. The van der Waals surface area contributed by atoms with Crippen LogP contribution < -0.4 is 51.4 Å². The topological polar surface area (TPSA) is 57.2 Å². The summed E-state index contributed by atoms with van der Waals surface area (Å²) in [5.74, 6) is -23.2. The second kappa shape index (κ2) is 6.79. The fraction of sp³-hybridized carbons (Fsp3) is 1.00. The SMILES string of the molecule is O=S(=O)([O-])C(F)(F)C(F)(F)C(F)(F)C(F)(F)C(F)C(F)(F)F.[K+]. The van der Waals surface area contributed by atoms with E-state index in [1.54, 1.807) is 0 Å². The fourth-order valence-corrected chi connectivity index (χ4v) is 1.36. The molecule has 23 heavy (non-hydrogen) atoms. The molecule has 3 nitrogen and oxygen atoms in total. The minimum Gasteiger partial charge on any atom is -0.743 e. The second-order valence-corrected chi connectivity index (χ2v) is 5.07. The van der Waals surface area contributed by atoms with Gasteiger partial charge in [0.05, 0.1) is 0 Å². The first-order valence-electron chi connectivity index (χ1n) is 4.33. The van der Waals surface area contributed by atoms with E-state index >= 15 is 0 Å². The molecule has 1 unspecified atom stereocenters. The van der Waals surface area contributed by atoms with E-state index in [9.17, 15) is 65.7 Å². The number of hydrogen-bond donors (Lipinski definition) is 0. The van der Waals surface area contributed by atoms with Crippen molar-refractivity contribution in [3.8, 4) is 0 Å². The van der Waals surface area contributed by atoms with Gasteiger partial charge >= 0.3 is 80.6 Å². The molecule has 0 aliphatic rings. The van der Waals surface area contributed by atoms with Crippen LogP contribution in [0.15, 0.2) is 0 Å². The number of halogens is 12. The van der Waals surface area contributed by atoms with Crippen molar-refractivity contribution >= 4 is 10.1 Å². The second-order valence-electron chi connectivity index (χ2n) is 3.65. The van der Waals surface area contributed by atoms with Crippen molar-refractivity contribution in [3.05, 3.63) is 0 Å². The maximum Gasteiger partial charge on any atom is 1.00 e. The summed E-state index contributed by atoms with van der Waals surface area (Å²) in [7, 11) is -7.72. The minimum atomic E-state index is -7.88. The van der Waals surface area contributed by atoms with Crippen LogP contribution >= 0.6 is 0 Å². The molecule has 0 aliphatic carbocycles. The van der Waals surface area contributed by atoms with E-state index in [0.717, 1.165) is 0 Å². The van der Waals surface area contributed by atoms with Crippen LogP contribution in [0.25, 0.3) is 0 Å². The Hall–Kier alpha value is 0.706. The monoisotopic (exact) mass is 420 g/mol. The van der Waals surface area contributed by atoms with Crippen LogP contribution in [0.5, 0.6) is 0 Å². The average molecular weight is 420 g/mol. The third kappa shape index (κ3) is 4.10. The molecule has 0 aromatic carbocycles.